The van der Waals surface area contributed by atoms with Gasteiger partial charge in [-0.05, 0) is 42.8 Å². The molecule has 0 fully saturated rings. The Kier molecular flexibility index (Phi) is 5.52. The number of benzene rings is 1. The Bertz CT molecular complexity index is 1060. The van der Waals surface area contributed by atoms with Crippen LogP contribution in [0.3, 0.4) is 0 Å². The Hall–Kier alpha value is -3.60. The monoisotopic (exact) mass is 359 g/mol. The van der Waals surface area contributed by atoms with E-state index in [1.54, 1.807) is 18.3 Å². The summed E-state index contributed by atoms with van der Waals surface area (Å²) in [6.45, 7) is 3.38. The van der Waals surface area contributed by atoms with Crippen molar-refractivity contribution in [3.63, 3.8) is 0 Å². The first-order valence-electron chi connectivity index (χ1n) is 8.62. The second kappa shape index (κ2) is 8.19. The van der Waals surface area contributed by atoms with Gasteiger partial charge >= 0.3 is 0 Å². The fraction of sp³-hybridized carbons (Fsp3) is 0.0909. The van der Waals surface area contributed by atoms with Gasteiger partial charge in [-0.1, -0.05) is 30.4 Å². The molecule has 5 nitrogen and oxygen atoms in total. The van der Waals surface area contributed by atoms with Crippen molar-refractivity contribution in [1.82, 2.24) is 15.3 Å². The number of hydrogen-bond acceptors (Lipinski definition) is 3. The number of fused-ring (bicyclic) bond motifs is 1. The molecule has 0 spiro atoms. The molecule has 3 N–H and O–H groups in total. The summed E-state index contributed by atoms with van der Waals surface area (Å²) in [4.78, 5) is 18.9. The molecule has 0 atom stereocenters. The number of rotatable bonds is 5. The Morgan fingerprint density at radius 3 is 2.85 bits per heavy atom. The van der Waals surface area contributed by atoms with Crippen LogP contribution in [0, 0.1) is 0 Å². The van der Waals surface area contributed by atoms with E-state index in [9.17, 15) is 9.90 Å². The van der Waals surface area contributed by atoms with E-state index in [0.29, 0.717) is 0 Å². The van der Waals surface area contributed by atoms with E-state index in [-0.39, 0.29) is 11.7 Å². The molecule has 0 aliphatic heterocycles. The third-order valence-electron chi connectivity index (χ3n) is 3.96. The topological polar surface area (TPSA) is 78.0 Å². The molecule has 0 bridgehead atoms. The highest BCUT2D eigenvalue weighted by molar-refractivity contribution is 5.89. The summed E-state index contributed by atoms with van der Waals surface area (Å²) in [5, 5.41) is 13.5. The standard InChI is InChI=1S/C22H21N3O2/c1-3-6-19(25-15(2)26)9-4-8-17-13-23-22-21(17)12-18(14-24-22)16-7-5-10-20(27)11-16/h3-14,27H,1-2H3,(H,23,24)(H,25,26)/b6-3-,8-4+,19-9+. The number of aromatic nitrogens is 2. The number of aromatic hydroxyl groups is 1. The number of phenols is 1. The lowest BCUT2D eigenvalue weighted by atomic mass is 10.1. The van der Waals surface area contributed by atoms with Gasteiger partial charge in [-0.15, -0.1) is 0 Å². The molecule has 3 aromatic rings. The molecule has 1 amide bonds. The highest BCUT2D eigenvalue weighted by Crippen LogP contribution is 2.27. The van der Waals surface area contributed by atoms with Crippen LogP contribution in [0.4, 0.5) is 0 Å². The maximum Gasteiger partial charge on any atom is 0.221 e. The number of carbonyl (C=O) groups is 1. The van der Waals surface area contributed by atoms with Crippen molar-refractivity contribution in [3.8, 4) is 16.9 Å². The van der Waals surface area contributed by atoms with Gasteiger partial charge in [0.15, 0.2) is 0 Å². The highest BCUT2D eigenvalue weighted by Gasteiger charge is 2.06. The molecule has 0 aliphatic rings. The Morgan fingerprint density at radius 1 is 1.26 bits per heavy atom. The van der Waals surface area contributed by atoms with E-state index in [0.717, 1.165) is 33.4 Å². The molecule has 5 heteroatoms. The highest BCUT2D eigenvalue weighted by atomic mass is 16.3. The summed E-state index contributed by atoms with van der Waals surface area (Å²) in [5.41, 5.74) is 4.33. The van der Waals surface area contributed by atoms with Crippen molar-refractivity contribution < 1.29 is 9.90 Å². The van der Waals surface area contributed by atoms with Gasteiger partial charge in [0, 0.05) is 41.5 Å². The zero-order valence-corrected chi connectivity index (χ0v) is 15.2. The van der Waals surface area contributed by atoms with Gasteiger partial charge in [0.2, 0.25) is 5.91 Å². The number of amides is 1. The average Bonchev–Trinajstić information content (AvgIpc) is 3.04. The van der Waals surface area contributed by atoms with Crippen LogP contribution < -0.4 is 5.32 Å². The third-order valence-corrected chi connectivity index (χ3v) is 3.96. The number of nitrogens with one attached hydrogen (secondary N) is 2. The maximum absolute atomic E-state index is 11.3. The number of carbonyl (C=O) groups excluding carboxylic acids is 1. The lowest BCUT2D eigenvalue weighted by Gasteiger charge is -2.03. The number of hydrogen-bond donors (Lipinski definition) is 3. The van der Waals surface area contributed by atoms with Crippen molar-refractivity contribution in [2.45, 2.75) is 13.8 Å². The molecular formula is C22H21N3O2. The van der Waals surface area contributed by atoms with Crippen molar-refractivity contribution in [1.29, 1.82) is 0 Å². The zero-order chi connectivity index (χ0) is 19.2. The van der Waals surface area contributed by atoms with Crippen molar-refractivity contribution in [2.75, 3.05) is 0 Å². The van der Waals surface area contributed by atoms with E-state index in [4.69, 9.17) is 0 Å². The first kappa shape index (κ1) is 18.2. The Labute approximate surface area is 157 Å². The van der Waals surface area contributed by atoms with Crippen molar-refractivity contribution in [2.24, 2.45) is 0 Å². The Balaban J connectivity index is 1.93. The molecule has 0 saturated heterocycles. The normalized spacial score (nSPS) is 12.3. The average molecular weight is 359 g/mol. The quantitative estimate of drug-likeness (QED) is 0.585. The van der Waals surface area contributed by atoms with E-state index in [1.165, 1.54) is 6.92 Å². The molecule has 0 saturated carbocycles. The van der Waals surface area contributed by atoms with Crippen LogP contribution in [-0.4, -0.2) is 21.0 Å². The first-order chi connectivity index (χ1) is 13.1. The largest absolute Gasteiger partial charge is 0.508 e. The SMILES string of the molecule is C\C=C/C(=C\C=C\c1c[nH]c2ncc(-c3cccc(O)c3)cc12)NC(C)=O. The third kappa shape index (κ3) is 4.52. The summed E-state index contributed by atoms with van der Waals surface area (Å²) in [7, 11) is 0. The van der Waals surface area contributed by atoms with E-state index in [1.807, 2.05) is 61.7 Å². The van der Waals surface area contributed by atoms with Crippen LogP contribution in [0.25, 0.3) is 28.2 Å². The molecular weight excluding hydrogens is 338 g/mol. The lowest BCUT2D eigenvalue weighted by Crippen LogP contribution is -2.17. The minimum atomic E-state index is -0.111. The van der Waals surface area contributed by atoms with Crippen LogP contribution in [-0.2, 0) is 4.79 Å². The fourth-order valence-electron chi connectivity index (χ4n) is 2.78. The second-order valence-corrected chi connectivity index (χ2v) is 6.08. The number of phenolic OH excluding ortho intramolecular Hbond substituents is 1. The summed E-state index contributed by atoms with van der Waals surface area (Å²) in [6.07, 6.45) is 13.1. The van der Waals surface area contributed by atoms with Gasteiger partial charge in [0.1, 0.15) is 11.4 Å². The number of H-pyrrole nitrogens is 1. The van der Waals surface area contributed by atoms with Gasteiger partial charge in [0.05, 0.1) is 0 Å². The summed E-state index contributed by atoms with van der Waals surface area (Å²) >= 11 is 0. The molecule has 136 valence electrons. The number of allylic oxidation sites excluding steroid dienone is 4. The second-order valence-electron chi connectivity index (χ2n) is 6.08. The lowest BCUT2D eigenvalue weighted by molar-refractivity contribution is -0.118. The van der Waals surface area contributed by atoms with Gasteiger partial charge in [-0.25, -0.2) is 4.98 Å². The van der Waals surface area contributed by atoms with Crippen LogP contribution >= 0.6 is 0 Å². The maximum atomic E-state index is 11.3. The predicted molar refractivity (Wildman–Crippen MR) is 109 cm³/mol. The molecule has 2 heterocycles. The van der Waals surface area contributed by atoms with Gasteiger partial charge in [-0.3, -0.25) is 4.79 Å². The van der Waals surface area contributed by atoms with Crippen LogP contribution in [0.15, 0.2) is 72.7 Å². The number of pyridine rings is 1. The van der Waals surface area contributed by atoms with Crippen LogP contribution in [0.2, 0.25) is 0 Å². The van der Waals surface area contributed by atoms with E-state index in [2.05, 4.69) is 15.3 Å². The number of nitrogens with zero attached hydrogens (tertiary/aromatic N) is 1. The smallest absolute Gasteiger partial charge is 0.221 e. The minimum Gasteiger partial charge on any atom is -0.508 e. The van der Waals surface area contributed by atoms with Gasteiger partial charge in [-0.2, -0.15) is 0 Å². The summed E-state index contributed by atoms with van der Waals surface area (Å²) < 4.78 is 0. The van der Waals surface area contributed by atoms with Crippen molar-refractivity contribution >= 4 is 23.0 Å². The van der Waals surface area contributed by atoms with E-state index < -0.39 is 0 Å². The van der Waals surface area contributed by atoms with Crippen molar-refractivity contribution in [3.05, 3.63) is 78.3 Å². The van der Waals surface area contributed by atoms with Gasteiger partial charge in [0.25, 0.3) is 0 Å². The molecule has 0 aliphatic carbocycles. The summed E-state index contributed by atoms with van der Waals surface area (Å²) in [6, 6.07) is 9.14. The molecule has 2 aromatic heterocycles. The van der Waals surface area contributed by atoms with Crippen LogP contribution in [0.1, 0.15) is 19.4 Å². The van der Waals surface area contributed by atoms with Gasteiger partial charge < -0.3 is 15.4 Å². The predicted octanol–water partition coefficient (Wildman–Crippen LogP) is 4.54. The fourth-order valence-corrected chi connectivity index (χ4v) is 2.78. The molecule has 0 radical (unpaired) electrons. The number of aromatic amines is 1. The molecule has 27 heavy (non-hydrogen) atoms. The zero-order valence-electron chi connectivity index (χ0n) is 15.2. The molecule has 3 rings (SSSR count). The molecule has 0 unspecified atom stereocenters. The minimum absolute atomic E-state index is 0.111. The van der Waals surface area contributed by atoms with Crippen LogP contribution in [0.5, 0.6) is 5.75 Å². The molecule has 1 aromatic carbocycles. The first-order valence-corrected chi connectivity index (χ1v) is 8.62. The Morgan fingerprint density at radius 2 is 2.11 bits per heavy atom. The summed E-state index contributed by atoms with van der Waals surface area (Å²) in [5.74, 6) is 0.112. The van der Waals surface area contributed by atoms with E-state index >= 15 is 0 Å².